The number of carbonyl (C=O) groups is 1. The van der Waals surface area contributed by atoms with Gasteiger partial charge in [-0.25, -0.2) is 26.0 Å². The molecule has 3 aromatic rings. The zero-order valence-corrected chi connectivity index (χ0v) is 25.3. The Morgan fingerprint density at radius 2 is 1.91 bits per heavy atom. The fourth-order valence-corrected chi connectivity index (χ4v) is 7.83. The fraction of sp³-hybridized carbons (Fsp3) is 0.429. The molecule has 13 nitrogen and oxygen atoms in total. The normalized spacial score (nSPS) is 19.7. The SMILES string of the molecule is CS(=O)(=O)c1cccc(OC[C@@H](O)CN(C(=O)O)[C@H]2COC3(CCN(S(=O)(=O)c4c[nH]c5c(F)cccc5c4=O)CC3)C2)c1. The Hall–Kier alpha value is -3.57. The third kappa shape index (κ3) is 6.44. The van der Waals surface area contributed by atoms with Crippen LogP contribution in [-0.4, -0.2) is 104 Å². The molecule has 2 aromatic carbocycles. The van der Waals surface area contributed by atoms with E-state index in [0.717, 1.165) is 23.4 Å². The average Bonchev–Trinajstić information content (AvgIpc) is 3.37. The van der Waals surface area contributed by atoms with E-state index in [2.05, 4.69) is 4.98 Å². The van der Waals surface area contributed by atoms with Crippen LogP contribution in [0.1, 0.15) is 19.3 Å². The van der Waals surface area contributed by atoms with Crippen LogP contribution in [0.5, 0.6) is 5.75 Å². The van der Waals surface area contributed by atoms with Crippen LogP contribution in [0.2, 0.25) is 0 Å². The first-order chi connectivity index (χ1) is 20.7. The molecule has 0 unspecified atom stereocenters. The zero-order chi connectivity index (χ0) is 31.9. The molecule has 2 atom stereocenters. The first kappa shape index (κ1) is 31.8. The molecular weight excluding hydrogens is 621 g/mol. The lowest BCUT2D eigenvalue weighted by atomic mass is 9.88. The maximum absolute atomic E-state index is 14.1. The summed E-state index contributed by atoms with van der Waals surface area (Å²) >= 11 is 0. The van der Waals surface area contributed by atoms with Crippen molar-refractivity contribution >= 4 is 36.9 Å². The van der Waals surface area contributed by atoms with Crippen LogP contribution >= 0.6 is 0 Å². The lowest BCUT2D eigenvalue weighted by Crippen LogP contribution is -2.49. The van der Waals surface area contributed by atoms with Gasteiger partial charge in [-0.05, 0) is 49.6 Å². The van der Waals surface area contributed by atoms with Gasteiger partial charge in [0.2, 0.25) is 15.5 Å². The Kier molecular flexibility index (Phi) is 8.74. The van der Waals surface area contributed by atoms with Gasteiger partial charge in [-0.3, -0.25) is 4.79 Å². The van der Waals surface area contributed by atoms with E-state index in [1.54, 1.807) is 0 Å². The van der Waals surface area contributed by atoms with Gasteiger partial charge < -0.3 is 29.6 Å². The standard InChI is InChI=1S/C28H32FN3O10S2/c1-43(37,38)21-5-2-4-20(12-21)41-17-19(33)15-32(27(35)36)18-13-28(42-16-18)8-10-31(11-9-28)44(39,40)24-14-30-25-22(26(24)34)6-3-7-23(25)29/h2-7,12,14,18-19,33H,8-11,13,15-17H2,1H3,(H,30,34)(H,35,36)/t18-,19+/m1/s1. The number of hydrogen-bond donors (Lipinski definition) is 3. The fourth-order valence-electron chi connectivity index (χ4n) is 5.68. The number of para-hydroxylation sites is 1. The summed E-state index contributed by atoms with van der Waals surface area (Å²) in [5.74, 6) is -0.470. The van der Waals surface area contributed by atoms with Crippen LogP contribution in [0, 0.1) is 5.82 Å². The maximum Gasteiger partial charge on any atom is 0.407 e. The van der Waals surface area contributed by atoms with Gasteiger partial charge in [0.25, 0.3) is 0 Å². The Morgan fingerprint density at radius 1 is 1.20 bits per heavy atom. The highest BCUT2D eigenvalue weighted by atomic mass is 32.2. The van der Waals surface area contributed by atoms with Crippen molar-refractivity contribution in [1.82, 2.24) is 14.2 Å². The molecule has 2 aliphatic heterocycles. The molecule has 3 heterocycles. The molecule has 2 aliphatic rings. The van der Waals surface area contributed by atoms with Gasteiger partial charge in [0, 0.05) is 30.9 Å². The van der Waals surface area contributed by atoms with Gasteiger partial charge in [0.05, 0.1) is 35.2 Å². The molecule has 44 heavy (non-hydrogen) atoms. The van der Waals surface area contributed by atoms with Crippen molar-refractivity contribution in [3.63, 3.8) is 0 Å². The van der Waals surface area contributed by atoms with Crippen molar-refractivity contribution in [2.75, 3.05) is 39.1 Å². The molecule has 238 valence electrons. The van der Waals surface area contributed by atoms with E-state index < -0.39 is 59.8 Å². The third-order valence-corrected chi connectivity index (χ3v) is 11.1. The summed E-state index contributed by atoms with van der Waals surface area (Å²) in [5, 5.41) is 20.3. The molecule has 2 saturated heterocycles. The van der Waals surface area contributed by atoms with E-state index in [9.17, 15) is 41.0 Å². The maximum atomic E-state index is 14.1. The van der Waals surface area contributed by atoms with E-state index >= 15 is 0 Å². The number of pyridine rings is 1. The van der Waals surface area contributed by atoms with E-state index in [1.807, 2.05) is 0 Å². The number of aliphatic hydroxyl groups excluding tert-OH is 1. The summed E-state index contributed by atoms with van der Waals surface area (Å²) in [7, 11) is -7.68. The number of nitrogens with zero attached hydrogens (tertiary/aromatic N) is 2. The van der Waals surface area contributed by atoms with Crippen molar-refractivity contribution in [3.8, 4) is 5.75 Å². The van der Waals surface area contributed by atoms with Gasteiger partial charge >= 0.3 is 6.09 Å². The number of aromatic nitrogens is 1. The van der Waals surface area contributed by atoms with Gasteiger partial charge in [0.1, 0.15) is 29.2 Å². The summed E-state index contributed by atoms with van der Waals surface area (Å²) < 4.78 is 77.1. The lowest BCUT2D eigenvalue weighted by molar-refractivity contribution is -0.0319. The van der Waals surface area contributed by atoms with Crippen LogP contribution in [0.3, 0.4) is 0 Å². The number of ether oxygens (including phenoxy) is 2. The van der Waals surface area contributed by atoms with Crippen LogP contribution in [-0.2, 0) is 24.6 Å². The molecule has 2 fully saturated rings. The predicted molar refractivity (Wildman–Crippen MR) is 155 cm³/mol. The van der Waals surface area contributed by atoms with Crippen LogP contribution in [0.25, 0.3) is 10.9 Å². The number of sulfone groups is 1. The third-order valence-electron chi connectivity index (χ3n) is 8.04. The molecule has 1 spiro atoms. The number of benzene rings is 2. The molecule has 1 aromatic heterocycles. The lowest BCUT2D eigenvalue weighted by Gasteiger charge is -2.38. The van der Waals surface area contributed by atoms with Crippen molar-refractivity contribution in [2.24, 2.45) is 0 Å². The second kappa shape index (κ2) is 12.1. The average molecular weight is 654 g/mol. The number of nitrogens with one attached hydrogen (secondary N) is 1. The molecular formula is C28H32FN3O10S2. The number of aliphatic hydroxyl groups is 1. The number of aromatic amines is 1. The summed E-state index contributed by atoms with van der Waals surface area (Å²) in [6.07, 6.45) is 0.313. The Morgan fingerprint density at radius 3 is 2.59 bits per heavy atom. The second-order valence-corrected chi connectivity index (χ2v) is 15.0. The van der Waals surface area contributed by atoms with Gasteiger partial charge in [-0.2, -0.15) is 4.31 Å². The quantitative estimate of drug-likeness (QED) is 0.308. The van der Waals surface area contributed by atoms with Gasteiger partial charge in [0.15, 0.2) is 9.84 Å². The monoisotopic (exact) mass is 653 g/mol. The second-order valence-electron chi connectivity index (χ2n) is 11.0. The summed E-state index contributed by atoms with van der Waals surface area (Å²) in [6, 6.07) is 8.96. The predicted octanol–water partition coefficient (Wildman–Crippen LogP) is 1.80. The van der Waals surface area contributed by atoms with Crippen LogP contribution < -0.4 is 10.2 Å². The van der Waals surface area contributed by atoms with Crippen molar-refractivity contribution in [2.45, 2.75) is 46.8 Å². The van der Waals surface area contributed by atoms with Crippen molar-refractivity contribution in [1.29, 1.82) is 0 Å². The number of rotatable bonds is 9. The first-order valence-electron chi connectivity index (χ1n) is 13.7. The summed E-state index contributed by atoms with van der Waals surface area (Å²) in [5.41, 5.74) is -1.68. The van der Waals surface area contributed by atoms with Gasteiger partial charge in [-0.15, -0.1) is 0 Å². The topological polar surface area (TPSA) is 184 Å². The van der Waals surface area contributed by atoms with E-state index in [0.29, 0.717) is 0 Å². The first-order valence-corrected chi connectivity index (χ1v) is 17.1. The molecule has 1 amide bonds. The number of amides is 1. The smallest absolute Gasteiger partial charge is 0.407 e. The number of carboxylic acid groups (broad SMARTS) is 1. The van der Waals surface area contributed by atoms with Crippen molar-refractivity contribution < 1.29 is 45.7 Å². The number of H-pyrrole nitrogens is 1. The molecule has 16 heteroatoms. The van der Waals surface area contributed by atoms with Crippen LogP contribution in [0.15, 0.2) is 63.2 Å². The molecule has 5 rings (SSSR count). The van der Waals surface area contributed by atoms with Crippen LogP contribution in [0.4, 0.5) is 9.18 Å². The summed E-state index contributed by atoms with van der Waals surface area (Å²) in [4.78, 5) is 28.2. The number of piperidine rings is 1. The number of hydrogen-bond acceptors (Lipinski definition) is 9. The molecule has 0 aliphatic carbocycles. The van der Waals surface area contributed by atoms with E-state index in [-0.39, 0.29) is 73.7 Å². The minimum Gasteiger partial charge on any atom is -0.491 e. The zero-order valence-electron chi connectivity index (χ0n) is 23.7. The summed E-state index contributed by atoms with van der Waals surface area (Å²) in [6.45, 7) is -0.503. The minimum absolute atomic E-state index is 0.0196. The highest BCUT2D eigenvalue weighted by Crippen LogP contribution is 2.39. The van der Waals surface area contributed by atoms with E-state index in [4.69, 9.17) is 9.47 Å². The Bertz CT molecular complexity index is 1840. The molecule has 3 N–H and O–H groups in total. The van der Waals surface area contributed by atoms with Gasteiger partial charge in [-0.1, -0.05) is 12.1 Å². The molecule has 0 radical (unpaired) electrons. The highest BCUT2D eigenvalue weighted by molar-refractivity contribution is 7.90. The highest BCUT2D eigenvalue weighted by Gasteiger charge is 2.47. The number of halogens is 1. The number of fused-ring (bicyclic) bond motifs is 1. The van der Waals surface area contributed by atoms with E-state index in [1.165, 1.54) is 40.7 Å². The Labute approximate surface area is 252 Å². The van der Waals surface area contributed by atoms with Crippen molar-refractivity contribution in [3.05, 3.63) is 64.7 Å². The Balaban J connectivity index is 1.20. The molecule has 0 bridgehead atoms. The molecule has 0 saturated carbocycles. The number of sulfonamides is 1. The minimum atomic E-state index is -4.22. The largest absolute Gasteiger partial charge is 0.491 e.